The van der Waals surface area contributed by atoms with Crippen molar-refractivity contribution < 1.29 is 13.9 Å². The minimum Gasteiger partial charge on any atom is -0.372 e. The Hall–Kier alpha value is -2.98. The van der Waals surface area contributed by atoms with Gasteiger partial charge in [0.25, 0.3) is 5.91 Å². The number of benzene rings is 3. The maximum absolute atomic E-state index is 13.4. The van der Waals surface area contributed by atoms with Gasteiger partial charge in [0.2, 0.25) is 0 Å². The predicted molar refractivity (Wildman–Crippen MR) is 104 cm³/mol. The van der Waals surface area contributed by atoms with E-state index >= 15 is 0 Å². The summed E-state index contributed by atoms with van der Waals surface area (Å²) in [7, 11) is 0. The fourth-order valence-corrected chi connectivity index (χ4v) is 2.79. The van der Waals surface area contributed by atoms with E-state index in [2.05, 4.69) is 5.32 Å². The maximum atomic E-state index is 13.4. The molecule has 0 spiro atoms. The van der Waals surface area contributed by atoms with Crippen molar-refractivity contribution in [2.45, 2.75) is 26.7 Å². The molecule has 0 unspecified atom stereocenters. The minimum absolute atomic E-state index is 0.224. The van der Waals surface area contributed by atoms with Crippen LogP contribution in [-0.4, -0.2) is 5.91 Å². The molecule has 0 heterocycles. The Morgan fingerprint density at radius 2 is 1.63 bits per heavy atom. The summed E-state index contributed by atoms with van der Waals surface area (Å²) in [6, 6.07) is 22.2. The summed E-state index contributed by atoms with van der Waals surface area (Å²) in [5.74, 6) is -0.537. The number of rotatable bonds is 7. The first-order valence-corrected chi connectivity index (χ1v) is 8.86. The number of carbonyl (C=O) groups is 1. The van der Waals surface area contributed by atoms with Gasteiger partial charge < -0.3 is 10.1 Å². The Morgan fingerprint density at radius 3 is 2.37 bits per heavy atom. The van der Waals surface area contributed by atoms with Crippen LogP contribution in [0.1, 0.15) is 32.6 Å². The molecule has 0 aliphatic carbocycles. The second-order valence-corrected chi connectivity index (χ2v) is 6.39. The highest BCUT2D eigenvalue weighted by Gasteiger charge is 2.09. The summed E-state index contributed by atoms with van der Waals surface area (Å²) >= 11 is 0. The third-order valence-corrected chi connectivity index (χ3v) is 4.35. The second-order valence-electron chi connectivity index (χ2n) is 6.39. The number of hydrogen-bond donors (Lipinski definition) is 1. The normalized spacial score (nSPS) is 10.6. The molecule has 3 aromatic rings. The third-order valence-electron chi connectivity index (χ3n) is 4.35. The van der Waals surface area contributed by atoms with Gasteiger partial charge in [-0.15, -0.1) is 0 Å². The van der Waals surface area contributed by atoms with Gasteiger partial charge in [-0.1, -0.05) is 54.6 Å². The molecular formula is C23H22FNO2. The Bertz CT molecular complexity index is 909. The highest BCUT2D eigenvalue weighted by molar-refractivity contribution is 5.94. The lowest BCUT2D eigenvalue weighted by molar-refractivity contribution is 0.0947. The van der Waals surface area contributed by atoms with Crippen LogP contribution in [0.15, 0.2) is 72.8 Å². The van der Waals surface area contributed by atoms with Crippen molar-refractivity contribution in [3.8, 4) is 0 Å². The Kier molecular flexibility index (Phi) is 6.34. The predicted octanol–water partition coefficient (Wildman–Crippen LogP) is 4.78. The van der Waals surface area contributed by atoms with Crippen LogP contribution in [0.5, 0.6) is 0 Å². The lowest BCUT2D eigenvalue weighted by Gasteiger charge is -2.12. The summed E-state index contributed by atoms with van der Waals surface area (Å²) in [5.41, 5.74) is 4.06. The zero-order chi connectivity index (χ0) is 19.1. The molecule has 3 rings (SSSR count). The standard InChI is InChI=1S/C23H22FNO2/c1-17-13-19(11-12-22(17)24)23(26)25-14-20-9-5-6-10-21(20)16-27-15-18-7-3-2-4-8-18/h2-13H,14-16H2,1H3,(H,25,26). The molecule has 4 heteroatoms. The van der Waals surface area contributed by atoms with Crippen LogP contribution >= 0.6 is 0 Å². The molecule has 0 fully saturated rings. The molecule has 0 aromatic heterocycles. The first-order chi connectivity index (χ1) is 13.1. The van der Waals surface area contributed by atoms with Gasteiger partial charge in [0.05, 0.1) is 13.2 Å². The van der Waals surface area contributed by atoms with Crippen LogP contribution in [0.3, 0.4) is 0 Å². The van der Waals surface area contributed by atoms with E-state index in [1.807, 2.05) is 54.6 Å². The van der Waals surface area contributed by atoms with E-state index in [9.17, 15) is 9.18 Å². The van der Waals surface area contributed by atoms with Gasteiger partial charge in [-0.25, -0.2) is 4.39 Å². The first kappa shape index (κ1) is 18.8. The number of hydrogen-bond acceptors (Lipinski definition) is 2. The van der Waals surface area contributed by atoms with E-state index in [1.54, 1.807) is 13.0 Å². The summed E-state index contributed by atoms with van der Waals surface area (Å²) < 4.78 is 19.2. The molecule has 0 aliphatic heterocycles. The number of ether oxygens (including phenoxy) is 1. The molecule has 3 aromatic carbocycles. The summed E-state index contributed by atoms with van der Waals surface area (Å²) in [4.78, 5) is 12.3. The quantitative estimate of drug-likeness (QED) is 0.656. The van der Waals surface area contributed by atoms with Crippen molar-refractivity contribution in [1.29, 1.82) is 0 Å². The minimum atomic E-state index is -0.313. The van der Waals surface area contributed by atoms with E-state index in [0.717, 1.165) is 16.7 Å². The van der Waals surface area contributed by atoms with Crippen LogP contribution in [0.2, 0.25) is 0 Å². The summed E-state index contributed by atoms with van der Waals surface area (Å²) in [6.45, 7) is 3.04. The molecule has 27 heavy (non-hydrogen) atoms. The molecule has 0 radical (unpaired) electrons. The van der Waals surface area contributed by atoms with E-state index in [-0.39, 0.29) is 11.7 Å². The first-order valence-electron chi connectivity index (χ1n) is 8.86. The van der Waals surface area contributed by atoms with Gasteiger partial charge in [0, 0.05) is 12.1 Å². The summed E-state index contributed by atoms with van der Waals surface area (Å²) in [6.07, 6.45) is 0. The average Bonchev–Trinajstić information content (AvgIpc) is 2.70. The molecule has 3 nitrogen and oxygen atoms in total. The number of nitrogens with one attached hydrogen (secondary N) is 1. The van der Waals surface area contributed by atoms with E-state index in [0.29, 0.717) is 30.9 Å². The maximum Gasteiger partial charge on any atom is 0.251 e. The Morgan fingerprint density at radius 1 is 0.926 bits per heavy atom. The molecule has 1 amide bonds. The molecule has 0 bridgehead atoms. The molecule has 0 saturated heterocycles. The Labute approximate surface area is 158 Å². The van der Waals surface area contributed by atoms with Crippen molar-refractivity contribution in [3.05, 3.63) is 106 Å². The van der Waals surface area contributed by atoms with Gasteiger partial charge in [-0.3, -0.25) is 4.79 Å². The van der Waals surface area contributed by atoms with Gasteiger partial charge >= 0.3 is 0 Å². The van der Waals surface area contributed by atoms with Crippen LogP contribution in [-0.2, 0) is 24.5 Å². The Balaban J connectivity index is 1.58. The van der Waals surface area contributed by atoms with Crippen molar-refractivity contribution in [2.24, 2.45) is 0 Å². The van der Waals surface area contributed by atoms with Gasteiger partial charge in [0.15, 0.2) is 0 Å². The van der Waals surface area contributed by atoms with E-state index in [1.165, 1.54) is 12.1 Å². The van der Waals surface area contributed by atoms with Crippen molar-refractivity contribution in [2.75, 3.05) is 0 Å². The fourth-order valence-electron chi connectivity index (χ4n) is 2.79. The lowest BCUT2D eigenvalue weighted by atomic mass is 10.1. The largest absolute Gasteiger partial charge is 0.372 e. The highest BCUT2D eigenvalue weighted by atomic mass is 19.1. The third kappa shape index (κ3) is 5.25. The van der Waals surface area contributed by atoms with Crippen molar-refractivity contribution in [1.82, 2.24) is 5.32 Å². The molecule has 0 aliphatic rings. The number of aryl methyl sites for hydroxylation is 1. The number of halogens is 1. The zero-order valence-corrected chi connectivity index (χ0v) is 15.2. The summed E-state index contributed by atoms with van der Waals surface area (Å²) in [5, 5.41) is 2.89. The molecule has 1 N–H and O–H groups in total. The molecular weight excluding hydrogens is 341 g/mol. The SMILES string of the molecule is Cc1cc(C(=O)NCc2ccccc2COCc2ccccc2)ccc1F. The number of amides is 1. The lowest BCUT2D eigenvalue weighted by Crippen LogP contribution is -2.23. The number of carbonyl (C=O) groups excluding carboxylic acids is 1. The highest BCUT2D eigenvalue weighted by Crippen LogP contribution is 2.13. The van der Waals surface area contributed by atoms with Crippen molar-refractivity contribution in [3.63, 3.8) is 0 Å². The van der Waals surface area contributed by atoms with Gasteiger partial charge in [0.1, 0.15) is 5.82 Å². The molecule has 0 atom stereocenters. The van der Waals surface area contributed by atoms with Crippen LogP contribution < -0.4 is 5.32 Å². The van der Waals surface area contributed by atoms with Crippen LogP contribution in [0, 0.1) is 12.7 Å². The monoisotopic (exact) mass is 363 g/mol. The molecule has 138 valence electrons. The fraction of sp³-hybridized carbons (Fsp3) is 0.174. The topological polar surface area (TPSA) is 38.3 Å². The van der Waals surface area contributed by atoms with E-state index in [4.69, 9.17) is 4.74 Å². The smallest absolute Gasteiger partial charge is 0.251 e. The van der Waals surface area contributed by atoms with E-state index < -0.39 is 0 Å². The zero-order valence-electron chi connectivity index (χ0n) is 15.2. The van der Waals surface area contributed by atoms with Gasteiger partial charge in [-0.2, -0.15) is 0 Å². The average molecular weight is 363 g/mol. The molecule has 0 saturated carbocycles. The van der Waals surface area contributed by atoms with Crippen LogP contribution in [0.25, 0.3) is 0 Å². The van der Waals surface area contributed by atoms with Gasteiger partial charge in [-0.05, 0) is 47.4 Å². The second kappa shape index (κ2) is 9.10. The van der Waals surface area contributed by atoms with Crippen LogP contribution in [0.4, 0.5) is 4.39 Å². The van der Waals surface area contributed by atoms with Crippen molar-refractivity contribution >= 4 is 5.91 Å².